The summed E-state index contributed by atoms with van der Waals surface area (Å²) in [6, 6.07) is 4.69. The number of carboxylic acids is 1. The van der Waals surface area contributed by atoms with Crippen molar-refractivity contribution in [2.75, 3.05) is 20.3 Å². The summed E-state index contributed by atoms with van der Waals surface area (Å²) in [6.07, 6.45) is 1.60. The highest BCUT2D eigenvalue weighted by Gasteiger charge is 2.13. The number of nitrogens with one attached hydrogen (secondary N) is 1. The number of amides is 3. The zero-order valence-electron chi connectivity index (χ0n) is 10.9. The van der Waals surface area contributed by atoms with E-state index in [-0.39, 0.29) is 6.54 Å². The minimum absolute atomic E-state index is 0.246. The van der Waals surface area contributed by atoms with Crippen molar-refractivity contribution in [3.05, 3.63) is 30.1 Å². The van der Waals surface area contributed by atoms with Gasteiger partial charge in [0.05, 0.1) is 12.2 Å². The van der Waals surface area contributed by atoms with Crippen LogP contribution in [0.2, 0.25) is 0 Å². The minimum atomic E-state index is -1.18. The van der Waals surface area contributed by atoms with Crippen LogP contribution < -0.4 is 5.32 Å². The molecule has 0 aliphatic heterocycles. The third-order valence-corrected chi connectivity index (χ3v) is 2.18. The molecule has 0 aromatic carbocycles. The lowest BCUT2D eigenvalue weighted by molar-refractivity contribution is -0.143. The van der Waals surface area contributed by atoms with E-state index in [0.29, 0.717) is 5.69 Å². The van der Waals surface area contributed by atoms with Gasteiger partial charge in [-0.05, 0) is 12.1 Å². The predicted molar refractivity (Wildman–Crippen MR) is 67.7 cm³/mol. The summed E-state index contributed by atoms with van der Waals surface area (Å²) in [7, 11) is 1.51. The van der Waals surface area contributed by atoms with Crippen molar-refractivity contribution in [3.8, 4) is 0 Å². The van der Waals surface area contributed by atoms with Gasteiger partial charge in [-0.15, -0.1) is 0 Å². The third kappa shape index (κ3) is 5.91. The van der Waals surface area contributed by atoms with E-state index in [1.807, 2.05) is 0 Å². The molecule has 0 unspecified atom stereocenters. The molecule has 0 aliphatic rings. The summed E-state index contributed by atoms with van der Waals surface area (Å²) < 4.78 is 4.56. The molecule has 8 heteroatoms. The number of rotatable bonds is 6. The largest absolute Gasteiger partial charge is 0.480 e. The first-order chi connectivity index (χ1) is 9.49. The number of imide groups is 1. The Morgan fingerprint density at radius 2 is 2.10 bits per heavy atom. The molecule has 0 fully saturated rings. The maximum Gasteiger partial charge on any atom is 0.329 e. The topological polar surface area (TPSA) is 109 Å². The number of hydrogen-bond acceptors (Lipinski definition) is 5. The zero-order chi connectivity index (χ0) is 15.0. The SMILES string of the molecule is CN(Cc1ccccn1)C(=O)NC(=O)COCC(=O)O. The fourth-order valence-corrected chi connectivity index (χ4v) is 1.29. The Kier molecular flexibility index (Phi) is 6.11. The van der Waals surface area contributed by atoms with Gasteiger partial charge in [-0.25, -0.2) is 9.59 Å². The average molecular weight is 281 g/mol. The van der Waals surface area contributed by atoms with Gasteiger partial charge in [0.2, 0.25) is 0 Å². The lowest BCUT2D eigenvalue weighted by Gasteiger charge is -2.16. The number of carbonyl (C=O) groups excluding carboxylic acids is 2. The lowest BCUT2D eigenvalue weighted by Crippen LogP contribution is -2.42. The van der Waals surface area contributed by atoms with Gasteiger partial charge in [-0.3, -0.25) is 15.1 Å². The van der Waals surface area contributed by atoms with Gasteiger partial charge < -0.3 is 14.7 Å². The van der Waals surface area contributed by atoms with Gasteiger partial charge >= 0.3 is 12.0 Å². The van der Waals surface area contributed by atoms with Gasteiger partial charge in [0.1, 0.15) is 13.2 Å². The number of pyridine rings is 1. The van der Waals surface area contributed by atoms with E-state index in [4.69, 9.17) is 5.11 Å². The van der Waals surface area contributed by atoms with E-state index in [1.165, 1.54) is 11.9 Å². The van der Waals surface area contributed by atoms with Crippen LogP contribution >= 0.6 is 0 Å². The smallest absolute Gasteiger partial charge is 0.329 e. The van der Waals surface area contributed by atoms with Crippen molar-refractivity contribution in [1.29, 1.82) is 0 Å². The highest BCUT2D eigenvalue weighted by Crippen LogP contribution is 1.98. The van der Waals surface area contributed by atoms with Crippen LogP contribution in [0, 0.1) is 0 Å². The van der Waals surface area contributed by atoms with Crippen LogP contribution in [0.5, 0.6) is 0 Å². The van der Waals surface area contributed by atoms with Crippen LogP contribution in [0.15, 0.2) is 24.4 Å². The summed E-state index contributed by atoms with van der Waals surface area (Å²) in [5.74, 6) is -1.89. The monoisotopic (exact) mass is 281 g/mol. The molecule has 1 aromatic heterocycles. The Balaban J connectivity index is 2.34. The second-order valence-corrected chi connectivity index (χ2v) is 3.92. The van der Waals surface area contributed by atoms with Gasteiger partial charge in [0.25, 0.3) is 5.91 Å². The fourth-order valence-electron chi connectivity index (χ4n) is 1.29. The lowest BCUT2D eigenvalue weighted by atomic mass is 10.3. The number of ether oxygens (including phenoxy) is 1. The number of aromatic nitrogens is 1. The van der Waals surface area contributed by atoms with Crippen LogP contribution in [-0.2, 0) is 20.9 Å². The second kappa shape index (κ2) is 7.85. The molecule has 1 aromatic rings. The molecular formula is C12H15N3O5. The van der Waals surface area contributed by atoms with Gasteiger partial charge in [0, 0.05) is 13.2 Å². The molecule has 1 heterocycles. The van der Waals surface area contributed by atoms with Crippen molar-refractivity contribution in [1.82, 2.24) is 15.2 Å². The molecule has 1 rings (SSSR count). The number of hydrogen-bond donors (Lipinski definition) is 2. The standard InChI is InChI=1S/C12H15N3O5/c1-15(6-9-4-2-3-5-13-9)12(19)14-10(16)7-20-8-11(17)18/h2-5H,6-8H2,1H3,(H,17,18)(H,14,16,19). The number of carbonyl (C=O) groups is 3. The summed E-state index contributed by atoms with van der Waals surface area (Å²) >= 11 is 0. The molecule has 0 saturated heterocycles. The van der Waals surface area contributed by atoms with Crippen molar-refractivity contribution in [3.63, 3.8) is 0 Å². The van der Waals surface area contributed by atoms with Crippen molar-refractivity contribution in [2.45, 2.75) is 6.54 Å². The number of carboxylic acid groups (broad SMARTS) is 1. The average Bonchev–Trinajstić information content (AvgIpc) is 2.39. The zero-order valence-corrected chi connectivity index (χ0v) is 10.9. The fraction of sp³-hybridized carbons (Fsp3) is 0.333. The van der Waals surface area contributed by atoms with Gasteiger partial charge in [-0.1, -0.05) is 6.07 Å². The van der Waals surface area contributed by atoms with E-state index in [1.54, 1.807) is 24.4 Å². The second-order valence-electron chi connectivity index (χ2n) is 3.92. The molecule has 8 nitrogen and oxygen atoms in total. The van der Waals surface area contributed by atoms with Crippen LogP contribution in [0.4, 0.5) is 4.79 Å². The molecule has 0 radical (unpaired) electrons. The molecule has 0 spiro atoms. The van der Waals surface area contributed by atoms with Crippen LogP contribution in [0.25, 0.3) is 0 Å². The quantitative estimate of drug-likeness (QED) is 0.750. The highest BCUT2D eigenvalue weighted by atomic mass is 16.5. The van der Waals surface area contributed by atoms with Gasteiger partial charge in [-0.2, -0.15) is 0 Å². The van der Waals surface area contributed by atoms with E-state index >= 15 is 0 Å². The third-order valence-electron chi connectivity index (χ3n) is 2.18. The molecule has 0 aliphatic carbocycles. The van der Waals surface area contributed by atoms with E-state index < -0.39 is 31.1 Å². The van der Waals surface area contributed by atoms with Crippen LogP contribution in [-0.4, -0.2) is 53.2 Å². The van der Waals surface area contributed by atoms with E-state index in [2.05, 4.69) is 15.0 Å². The Hall–Kier alpha value is -2.48. The van der Waals surface area contributed by atoms with E-state index in [0.717, 1.165) is 0 Å². The molecule has 3 amide bonds. The number of aliphatic carboxylic acids is 1. The summed E-state index contributed by atoms with van der Waals surface area (Å²) in [5.41, 5.74) is 0.680. The first-order valence-electron chi connectivity index (χ1n) is 5.73. The molecule has 2 N–H and O–H groups in total. The molecule has 0 atom stereocenters. The normalized spacial score (nSPS) is 9.85. The van der Waals surface area contributed by atoms with Crippen molar-refractivity contribution < 1.29 is 24.2 Å². The number of nitrogens with zero attached hydrogens (tertiary/aromatic N) is 2. The maximum absolute atomic E-state index is 11.6. The first-order valence-corrected chi connectivity index (χ1v) is 5.73. The highest BCUT2D eigenvalue weighted by molar-refractivity contribution is 5.94. The predicted octanol–water partition coefficient (Wildman–Crippen LogP) is -0.149. The summed E-state index contributed by atoms with van der Waals surface area (Å²) in [5, 5.41) is 10.4. The Labute approximate surface area is 115 Å². The molecule has 0 saturated carbocycles. The van der Waals surface area contributed by atoms with Crippen LogP contribution in [0.1, 0.15) is 5.69 Å². The molecular weight excluding hydrogens is 266 g/mol. The summed E-state index contributed by atoms with van der Waals surface area (Å²) in [6.45, 7) is -0.837. The molecule has 20 heavy (non-hydrogen) atoms. The Morgan fingerprint density at radius 1 is 1.35 bits per heavy atom. The maximum atomic E-state index is 11.6. The van der Waals surface area contributed by atoms with Crippen molar-refractivity contribution >= 4 is 17.9 Å². The summed E-state index contributed by atoms with van der Waals surface area (Å²) in [4.78, 5) is 38.5. The van der Waals surface area contributed by atoms with Crippen LogP contribution in [0.3, 0.4) is 0 Å². The minimum Gasteiger partial charge on any atom is -0.480 e. The molecule has 108 valence electrons. The Bertz CT molecular complexity index is 477. The first kappa shape index (κ1) is 15.6. The van der Waals surface area contributed by atoms with E-state index in [9.17, 15) is 14.4 Å². The Morgan fingerprint density at radius 3 is 2.70 bits per heavy atom. The van der Waals surface area contributed by atoms with Crippen molar-refractivity contribution in [2.24, 2.45) is 0 Å². The molecule has 0 bridgehead atoms. The number of urea groups is 1. The van der Waals surface area contributed by atoms with Gasteiger partial charge in [0.15, 0.2) is 0 Å².